The van der Waals surface area contributed by atoms with Gasteiger partial charge < -0.3 is 5.32 Å². The molecule has 1 aromatic carbocycles. The maximum Gasteiger partial charge on any atom is 0.321 e. The van der Waals surface area contributed by atoms with Gasteiger partial charge in [0.1, 0.15) is 5.82 Å². The number of imide groups is 1. The number of carbonyl (C=O) groups is 2. The highest BCUT2D eigenvalue weighted by Gasteiger charge is 2.22. The fourth-order valence-electron chi connectivity index (χ4n) is 2.90. The van der Waals surface area contributed by atoms with E-state index < -0.39 is 12.1 Å². The average molecular weight is 335 g/mol. The predicted molar refractivity (Wildman–Crippen MR) is 90.9 cm³/mol. The van der Waals surface area contributed by atoms with Crippen molar-refractivity contribution in [1.82, 2.24) is 15.5 Å². The highest BCUT2D eigenvalue weighted by Crippen LogP contribution is 2.17. The van der Waals surface area contributed by atoms with Gasteiger partial charge >= 0.3 is 6.03 Å². The van der Waals surface area contributed by atoms with Crippen molar-refractivity contribution in [1.29, 1.82) is 0 Å². The molecule has 0 aromatic heterocycles. The zero-order valence-corrected chi connectivity index (χ0v) is 14.3. The van der Waals surface area contributed by atoms with Crippen LogP contribution in [-0.4, -0.2) is 36.0 Å². The molecule has 1 saturated carbocycles. The lowest BCUT2D eigenvalue weighted by Gasteiger charge is -2.25. The van der Waals surface area contributed by atoms with E-state index in [-0.39, 0.29) is 17.8 Å². The van der Waals surface area contributed by atoms with Crippen molar-refractivity contribution in [2.24, 2.45) is 0 Å². The summed E-state index contributed by atoms with van der Waals surface area (Å²) in [6, 6.07) is 5.44. The third-order valence-corrected chi connectivity index (χ3v) is 4.56. The smallest absolute Gasteiger partial charge is 0.321 e. The Morgan fingerprint density at radius 3 is 2.46 bits per heavy atom. The zero-order chi connectivity index (χ0) is 17.5. The number of halogens is 1. The Morgan fingerprint density at radius 1 is 1.21 bits per heavy atom. The van der Waals surface area contributed by atoms with Crippen molar-refractivity contribution in [2.45, 2.75) is 57.7 Å². The van der Waals surface area contributed by atoms with E-state index in [0.717, 1.165) is 31.2 Å². The molecule has 1 aliphatic carbocycles. The molecule has 0 radical (unpaired) electrons. The summed E-state index contributed by atoms with van der Waals surface area (Å²) in [6.45, 7) is 2.24. The van der Waals surface area contributed by atoms with Crippen LogP contribution in [-0.2, 0) is 11.3 Å². The van der Waals surface area contributed by atoms with E-state index in [0.29, 0.717) is 6.54 Å². The molecule has 24 heavy (non-hydrogen) atoms. The largest absolute Gasteiger partial charge is 0.335 e. The van der Waals surface area contributed by atoms with Gasteiger partial charge in [0.05, 0.1) is 6.04 Å². The number of nitrogens with one attached hydrogen (secondary N) is 2. The molecule has 0 bridgehead atoms. The average Bonchev–Trinajstić information content (AvgIpc) is 2.57. The fraction of sp³-hybridized carbons (Fsp3) is 0.556. The summed E-state index contributed by atoms with van der Waals surface area (Å²) in [4.78, 5) is 26.0. The van der Waals surface area contributed by atoms with Gasteiger partial charge in [-0.3, -0.25) is 15.0 Å². The van der Waals surface area contributed by atoms with Gasteiger partial charge in [-0.2, -0.15) is 0 Å². The van der Waals surface area contributed by atoms with E-state index >= 15 is 0 Å². The van der Waals surface area contributed by atoms with Crippen molar-refractivity contribution in [3.8, 4) is 0 Å². The Bertz CT molecular complexity index is 556. The molecular formula is C18H26FN3O2. The van der Waals surface area contributed by atoms with Crippen molar-refractivity contribution in [2.75, 3.05) is 7.05 Å². The first-order chi connectivity index (χ1) is 11.5. The van der Waals surface area contributed by atoms with Gasteiger partial charge in [0.25, 0.3) is 0 Å². The lowest BCUT2D eigenvalue weighted by molar-refractivity contribution is -0.124. The molecule has 132 valence electrons. The minimum Gasteiger partial charge on any atom is -0.335 e. The molecule has 2 rings (SSSR count). The van der Waals surface area contributed by atoms with Crippen molar-refractivity contribution >= 4 is 11.9 Å². The van der Waals surface area contributed by atoms with Crippen LogP contribution in [0.1, 0.15) is 44.6 Å². The molecule has 1 aliphatic rings. The van der Waals surface area contributed by atoms with Gasteiger partial charge in [-0.1, -0.05) is 31.4 Å². The highest BCUT2D eigenvalue weighted by atomic mass is 19.1. The van der Waals surface area contributed by atoms with E-state index in [1.165, 1.54) is 18.6 Å². The number of carbonyl (C=O) groups excluding carboxylic acids is 2. The number of nitrogens with zero attached hydrogens (tertiary/aromatic N) is 1. The van der Waals surface area contributed by atoms with Crippen molar-refractivity contribution in [3.63, 3.8) is 0 Å². The van der Waals surface area contributed by atoms with Gasteiger partial charge in [-0.25, -0.2) is 9.18 Å². The Kier molecular flexibility index (Phi) is 6.73. The van der Waals surface area contributed by atoms with Crippen LogP contribution in [0.4, 0.5) is 9.18 Å². The lowest BCUT2D eigenvalue weighted by Crippen LogP contribution is -2.50. The highest BCUT2D eigenvalue weighted by molar-refractivity contribution is 5.96. The minimum absolute atomic E-state index is 0.166. The summed E-state index contributed by atoms with van der Waals surface area (Å²) < 4.78 is 12.9. The van der Waals surface area contributed by atoms with E-state index in [1.807, 2.05) is 4.90 Å². The van der Waals surface area contributed by atoms with Crippen LogP contribution in [0.5, 0.6) is 0 Å². The third-order valence-electron chi connectivity index (χ3n) is 4.56. The maximum absolute atomic E-state index is 12.9. The number of amides is 3. The van der Waals surface area contributed by atoms with Gasteiger partial charge in [0, 0.05) is 12.6 Å². The van der Waals surface area contributed by atoms with Crippen LogP contribution in [0, 0.1) is 5.82 Å². The predicted octanol–water partition coefficient (Wildman–Crippen LogP) is 2.80. The quantitative estimate of drug-likeness (QED) is 0.870. The normalized spacial score (nSPS) is 16.7. The summed E-state index contributed by atoms with van der Waals surface area (Å²) in [5, 5.41) is 5.28. The second kappa shape index (κ2) is 8.78. The van der Waals surface area contributed by atoms with E-state index in [9.17, 15) is 14.0 Å². The fourth-order valence-corrected chi connectivity index (χ4v) is 2.90. The zero-order valence-electron chi connectivity index (χ0n) is 14.3. The number of benzene rings is 1. The first kappa shape index (κ1) is 18.4. The maximum atomic E-state index is 12.9. The van der Waals surface area contributed by atoms with Crippen LogP contribution < -0.4 is 10.6 Å². The monoisotopic (exact) mass is 335 g/mol. The topological polar surface area (TPSA) is 61.4 Å². The van der Waals surface area contributed by atoms with Crippen LogP contribution in [0.2, 0.25) is 0 Å². The second-order valence-electron chi connectivity index (χ2n) is 6.52. The molecule has 0 saturated heterocycles. The first-order valence-electron chi connectivity index (χ1n) is 8.51. The van der Waals surface area contributed by atoms with Gasteiger partial charge in [-0.05, 0) is 44.5 Å². The van der Waals surface area contributed by atoms with Crippen molar-refractivity contribution in [3.05, 3.63) is 35.6 Å². The number of likely N-dealkylation sites (N-methyl/N-ethyl adjacent to an activating group) is 1. The first-order valence-corrected chi connectivity index (χ1v) is 8.51. The molecule has 1 aromatic rings. The van der Waals surface area contributed by atoms with Gasteiger partial charge in [-0.15, -0.1) is 0 Å². The van der Waals surface area contributed by atoms with E-state index in [2.05, 4.69) is 10.6 Å². The molecular weight excluding hydrogens is 309 g/mol. The summed E-state index contributed by atoms with van der Waals surface area (Å²) in [5.74, 6) is -0.625. The van der Waals surface area contributed by atoms with Gasteiger partial charge in [0.2, 0.25) is 5.91 Å². The number of hydrogen-bond acceptors (Lipinski definition) is 3. The van der Waals surface area contributed by atoms with Gasteiger partial charge in [0.15, 0.2) is 0 Å². The SMILES string of the molecule is C[C@@H](C(=O)NC(=O)NC1CCCCC1)N(C)Cc1ccc(F)cc1. The molecule has 0 heterocycles. The Morgan fingerprint density at radius 2 is 1.83 bits per heavy atom. The minimum atomic E-state index is -0.466. The van der Waals surface area contributed by atoms with Crippen molar-refractivity contribution < 1.29 is 14.0 Å². The number of urea groups is 1. The molecule has 5 nitrogen and oxygen atoms in total. The molecule has 0 spiro atoms. The molecule has 3 amide bonds. The van der Waals surface area contributed by atoms with E-state index in [4.69, 9.17) is 0 Å². The summed E-state index contributed by atoms with van der Waals surface area (Å²) in [5.41, 5.74) is 0.908. The number of rotatable bonds is 5. The summed E-state index contributed by atoms with van der Waals surface area (Å²) in [6.07, 6.45) is 5.40. The van der Waals surface area contributed by atoms with Crippen LogP contribution in [0.15, 0.2) is 24.3 Å². The van der Waals surface area contributed by atoms with Crippen LogP contribution >= 0.6 is 0 Å². The lowest BCUT2D eigenvalue weighted by atomic mass is 9.96. The molecule has 0 aliphatic heterocycles. The number of hydrogen-bond donors (Lipinski definition) is 2. The Balaban J connectivity index is 1.79. The summed E-state index contributed by atoms with van der Waals surface area (Å²) >= 11 is 0. The molecule has 0 unspecified atom stereocenters. The third kappa shape index (κ3) is 5.60. The molecule has 6 heteroatoms. The molecule has 1 atom stereocenters. The molecule has 1 fully saturated rings. The standard InChI is InChI=1S/C18H26FN3O2/c1-13(22(2)12-14-8-10-15(19)11-9-14)17(23)21-18(24)20-16-6-4-3-5-7-16/h8-11,13,16H,3-7,12H2,1-2H3,(H2,20,21,23,24)/t13-/m0/s1. The second-order valence-corrected chi connectivity index (χ2v) is 6.52. The van der Waals surface area contributed by atoms with E-state index in [1.54, 1.807) is 26.1 Å². The summed E-state index contributed by atoms with van der Waals surface area (Å²) in [7, 11) is 1.80. The van der Waals surface area contributed by atoms with Crippen LogP contribution in [0.25, 0.3) is 0 Å². The molecule has 2 N–H and O–H groups in total. The Labute approximate surface area is 142 Å². The van der Waals surface area contributed by atoms with Crippen LogP contribution in [0.3, 0.4) is 0 Å². The Hall–Kier alpha value is -1.95.